The highest BCUT2D eigenvalue weighted by Gasteiger charge is 2.27. The van der Waals surface area contributed by atoms with E-state index in [1.807, 2.05) is 14.0 Å². The second-order valence-corrected chi connectivity index (χ2v) is 5.28. The number of aliphatic carboxylic acids is 1. The van der Waals surface area contributed by atoms with Crippen molar-refractivity contribution in [1.29, 1.82) is 0 Å². The number of carbonyl (C=O) groups is 2. The molecular formula is C13H25N3O4. The number of rotatable bonds is 5. The first-order valence-electron chi connectivity index (χ1n) is 6.93. The third-order valence-electron chi connectivity index (χ3n) is 3.51. The van der Waals surface area contributed by atoms with Gasteiger partial charge in [0, 0.05) is 39.3 Å². The maximum absolute atomic E-state index is 12.2. The number of carboxylic acid groups (broad SMARTS) is 1. The van der Waals surface area contributed by atoms with Crippen LogP contribution < -0.4 is 5.32 Å². The molecule has 1 fully saturated rings. The molecule has 0 aromatic heterocycles. The van der Waals surface area contributed by atoms with Gasteiger partial charge in [0.1, 0.15) is 6.04 Å². The number of amides is 2. The third kappa shape index (κ3) is 4.97. The van der Waals surface area contributed by atoms with Crippen LogP contribution in [0.4, 0.5) is 4.79 Å². The molecule has 2 unspecified atom stereocenters. The monoisotopic (exact) mass is 287 g/mol. The lowest BCUT2D eigenvalue weighted by atomic mass is 10.2. The Bertz CT molecular complexity index is 338. The zero-order chi connectivity index (χ0) is 15.1. The first-order chi connectivity index (χ1) is 9.45. The van der Waals surface area contributed by atoms with Gasteiger partial charge in [-0.3, -0.25) is 0 Å². The van der Waals surface area contributed by atoms with Crippen molar-refractivity contribution < 1.29 is 19.4 Å². The number of likely N-dealkylation sites (N-methyl/N-ethyl adjacent to an activating group) is 1. The molecule has 0 aromatic rings. The molecule has 0 aliphatic carbocycles. The van der Waals surface area contributed by atoms with Crippen LogP contribution in [0.5, 0.6) is 0 Å². The molecular weight excluding hydrogens is 262 g/mol. The van der Waals surface area contributed by atoms with Gasteiger partial charge in [0.15, 0.2) is 0 Å². The molecule has 0 aromatic carbocycles. The van der Waals surface area contributed by atoms with Gasteiger partial charge >= 0.3 is 12.0 Å². The summed E-state index contributed by atoms with van der Waals surface area (Å²) in [4.78, 5) is 27.3. The summed E-state index contributed by atoms with van der Waals surface area (Å²) >= 11 is 0. The quantitative estimate of drug-likeness (QED) is 0.755. The van der Waals surface area contributed by atoms with Crippen LogP contribution in [0.1, 0.15) is 19.8 Å². The summed E-state index contributed by atoms with van der Waals surface area (Å²) in [6.45, 7) is 4.67. The predicted molar refractivity (Wildman–Crippen MR) is 74.7 cm³/mol. The fraction of sp³-hybridized carbons (Fsp3) is 0.846. The standard InChI is InChI=1S/C13H25N3O4/c1-10-9-15(2)6-4-7-16(10)13(19)14-11(12(17)18)5-8-20-3/h10-11H,4-9H2,1-3H3,(H,14,19)(H,17,18). The Labute approximate surface area is 119 Å². The SMILES string of the molecule is COCCC(NC(=O)N1CCCN(C)CC1C)C(=O)O. The van der Waals surface area contributed by atoms with Crippen molar-refractivity contribution >= 4 is 12.0 Å². The topological polar surface area (TPSA) is 82.1 Å². The van der Waals surface area contributed by atoms with E-state index in [2.05, 4.69) is 10.2 Å². The summed E-state index contributed by atoms with van der Waals surface area (Å²) in [5.41, 5.74) is 0. The van der Waals surface area contributed by atoms with Gasteiger partial charge < -0.3 is 25.0 Å². The molecule has 116 valence electrons. The fourth-order valence-corrected chi connectivity index (χ4v) is 2.40. The van der Waals surface area contributed by atoms with Crippen LogP contribution in [0.3, 0.4) is 0 Å². The van der Waals surface area contributed by atoms with E-state index in [4.69, 9.17) is 9.84 Å². The lowest BCUT2D eigenvalue weighted by molar-refractivity contribution is -0.139. The summed E-state index contributed by atoms with van der Waals surface area (Å²) in [5.74, 6) is -1.03. The van der Waals surface area contributed by atoms with Gasteiger partial charge in [-0.25, -0.2) is 9.59 Å². The average molecular weight is 287 g/mol. The maximum atomic E-state index is 12.2. The molecule has 1 heterocycles. The number of methoxy groups -OCH3 is 1. The first kappa shape index (κ1) is 16.7. The van der Waals surface area contributed by atoms with Crippen LogP contribution in [0, 0.1) is 0 Å². The predicted octanol–water partition coefficient (Wildman–Crippen LogP) is 0.212. The molecule has 1 saturated heterocycles. The van der Waals surface area contributed by atoms with E-state index in [-0.39, 0.29) is 18.5 Å². The molecule has 7 nitrogen and oxygen atoms in total. The zero-order valence-electron chi connectivity index (χ0n) is 12.5. The molecule has 2 N–H and O–H groups in total. The number of nitrogens with zero attached hydrogens (tertiary/aromatic N) is 2. The minimum atomic E-state index is -1.03. The Morgan fingerprint density at radius 1 is 1.45 bits per heavy atom. The summed E-state index contributed by atoms with van der Waals surface area (Å²) in [5, 5.41) is 11.7. The van der Waals surface area contributed by atoms with Gasteiger partial charge in [-0.05, 0) is 26.9 Å². The summed E-state index contributed by atoms with van der Waals surface area (Å²) in [7, 11) is 3.53. The van der Waals surface area contributed by atoms with E-state index in [1.165, 1.54) is 7.11 Å². The number of hydrogen-bond donors (Lipinski definition) is 2. The van der Waals surface area contributed by atoms with Crippen LogP contribution in [0.25, 0.3) is 0 Å². The second kappa shape index (κ2) is 8.06. The molecule has 1 aliphatic rings. The minimum absolute atomic E-state index is 0.0689. The molecule has 0 radical (unpaired) electrons. The molecule has 0 spiro atoms. The lowest BCUT2D eigenvalue weighted by Gasteiger charge is -2.29. The highest BCUT2D eigenvalue weighted by atomic mass is 16.5. The van der Waals surface area contributed by atoms with E-state index in [0.29, 0.717) is 13.2 Å². The number of carboxylic acids is 1. The highest BCUT2D eigenvalue weighted by molar-refractivity contribution is 5.82. The Hall–Kier alpha value is -1.34. The molecule has 20 heavy (non-hydrogen) atoms. The normalized spacial score (nSPS) is 22.1. The van der Waals surface area contributed by atoms with Crippen molar-refractivity contribution in [2.45, 2.75) is 31.8 Å². The number of hydrogen-bond acceptors (Lipinski definition) is 4. The van der Waals surface area contributed by atoms with Crippen LogP contribution >= 0.6 is 0 Å². The van der Waals surface area contributed by atoms with Gasteiger partial charge in [0.2, 0.25) is 0 Å². The molecule has 0 saturated carbocycles. The largest absolute Gasteiger partial charge is 0.480 e. The molecule has 2 amide bonds. The van der Waals surface area contributed by atoms with Crippen molar-refractivity contribution in [3.63, 3.8) is 0 Å². The van der Waals surface area contributed by atoms with Crippen molar-refractivity contribution in [1.82, 2.24) is 15.1 Å². The van der Waals surface area contributed by atoms with E-state index in [0.717, 1.165) is 19.5 Å². The summed E-state index contributed by atoms with van der Waals surface area (Å²) in [6.07, 6.45) is 1.16. The lowest BCUT2D eigenvalue weighted by Crippen LogP contribution is -2.52. The van der Waals surface area contributed by atoms with Crippen LogP contribution in [-0.2, 0) is 9.53 Å². The highest BCUT2D eigenvalue weighted by Crippen LogP contribution is 2.09. The first-order valence-corrected chi connectivity index (χ1v) is 6.93. The van der Waals surface area contributed by atoms with Gasteiger partial charge in [-0.15, -0.1) is 0 Å². The molecule has 0 bridgehead atoms. The number of carbonyl (C=O) groups excluding carboxylic acids is 1. The zero-order valence-corrected chi connectivity index (χ0v) is 12.5. The summed E-state index contributed by atoms with van der Waals surface area (Å²) in [6, 6.07) is -1.15. The smallest absolute Gasteiger partial charge is 0.326 e. The minimum Gasteiger partial charge on any atom is -0.480 e. The van der Waals surface area contributed by atoms with Gasteiger partial charge in [0.25, 0.3) is 0 Å². The Morgan fingerprint density at radius 3 is 2.75 bits per heavy atom. The van der Waals surface area contributed by atoms with Crippen LogP contribution in [0.15, 0.2) is 0 Å². The Kier molecular flexibility index (Phi) is 6.74. The van der Waals surface area contributed by atoms with Crippen molar-refractivity contribution in [2.24, 2.45) is 0 Å². The van der Waals surface area contributed by atoms with Gasteiger partial charge in [-0.2, -0.15) is 0 Å². The van der Waals surface area contributed by atoms with Crippen molar-refractivity contribution in [3.05, 3.63) is 0 Å². The molecule has 1 rings (SSSR count). The van der Waals surface area contributed by atoms with Crippen molar-refractivity contribution in [3.8, 4) is 0 Å². The van der Waals surface area contributed by atoms with E-state index >= 15 is 0 Å². The van der Waals surface area contributed by atoms with Gasteiger partial charge in [-0.1, -0.05) is 0 Å². The number of ether oxygens (including phenoxy) is 1. The number of urea groups is 1. The second-order valence-electron chi connectivity index (χ2n) is 5.28. The van der Waals surface area contributed by atoms with Crippen molar-refractivity contribution in [2.75, 3.05) is 40.4 Å². The van der Waals surface area contributed by atoms with Gasteiger partial charge in [0.05, 0.1) is 0 Å². The Balaban J connectivity index is 2.60. The number of nitrogens with one attached hydrogen (secondary N) is 1. The van der Waals surface area contributed by atoms with E-state index in [9.17, 15) is 9.59 Å². The molecule has 1 aliphatic heterocycles. The van der Waals surface area contributed by atoms with Crippen LogP contribution in [0.2, 0.25) is 0 Å². The van der Waals surface area contributed by atoms with E-state index < -0.39 is 12.0 Å². The maximum Gasteiger partial charge on any atom is 0.326 e. The molecule has 7 heteroatoms. The molecule has 2 atom stereocenters. The Morgan fingerprint density at radius 2 is 2.15 bits per heavy atom. The third-order valence-corrected chi connectivity index (χ3v) is 3.51. The fourth-order valence-electron chi connectivity index (χ4n) is 2.40. The average Bonchev–Trinajstić information content (AvgIpc) is 2.54. The van der Waals surface area contributed by atoms with E-state index in [1.54, 1.807) is 4.90 Å². The van der Waals surface area contributed by atoms with Crippen LogP contribution in [-0.4, -0.2) is 79.4 Å². The summed E-state index contributed by atoms with van der Waals surface area (Å²) < 4.78 is 4.87.